The van der Waals surface area contributed by atoms with Crippen LogP contribution in [0.3, 0.4) is 0 Å². The van der Waals surface area contributed by atoms with E-state index in [2.05, 4.69) is 45.2 Å². The fraction of sp³-hybridized carbons (Fsp3) is 0.364. The van der Waals surface area contributed by atoms with Crippen molar-refractivity contribution in [2.75, 3.05) is 0 Å². The van der Waals surface area contributed by atoms with Crippen molar-refractivity contribution < 1.29 is 4.42 Å². The Morgan fingerprint density at radius 1 is 1.56 bits per heavy atom. The number of thiazole rings is 1. The summed E-state index contributed by atoms with van der Waals surface area (Å²) in [4.78, 5) is 4.45. The van der Waals surface area contributed by atoms with E-state index < -0.39 is 0 Å². The highest BCUT2D eigenvalue weighted by molar-refractivity contribution is 14.1. The Morgan fingerprint density at radius 3 is 2.94 bits per heavy atom. The van der Waals surface area contributed by atoms with Gasteiger partial charge in [0.15, 0.2) is 3.77 Å². The highest BCUT2D eigenvalue weighted by Gasteiger charge is 2.09. The van der Waals surface area contributed by atoms with Crippen LogP contribution in [0, 0.1) is 10.7 Å². The van der Waals surface area contributed by atoms with Crippen molar-refractivity contribution in [2.24, 2.45) is 0 Å². The van der Waals surface area contributed by atoms with Crippen LogP contribution < -0.4 is 5.32 Å². The van der Waals surface area contributed by atoms with Crippen molar-refractivity contribution in [2.45, 2.75) is 26.4 Å². The standard InChI is InChI=1S/C11H13IN2OS/c1-7-6-16-11(14-7)8(2)13-5-9-3-4-10(12)15-9/h3-4,6,8,13H,5H2,1-2H3. The van der Waals surface area contributed by atoms with Gasteiger partial charge in [0.2, 0.25) is 0 Å². The number of aromatic nitrogens is 1. The number of aryl methyl sites for hydroxylation is 1. The van der Waals surface area contributed by atoms with Crippen LogP contribution in [-0.2, 0) is 6.54 Å². The van der Waals surface area contributed by atoms with E-state index in [-0.39, 0.29) is 6.04 Å². The molecule has 0 saturated heterocycles. The first-order chi connectivity index (χ1) is 7.65. The lowest BCUT2D eigenvalue weighted by Crippen LogP contribution is -2.17. The molecule has 0 aromatic carbocycles. The highest BCUT2D eigenvalue weighted by atomic mass is 127. The molecule has 0 aliphatic carbocycles. The molecule has 2 aromatic rings. The van der Waals surface area contributed by atoms with Crippen molar-refractivity contribution in [1.29, 1.82) is 0 Å². The predicted molar refractivity (Wildman–Crippen MR) is 73.5 cm³/mol. The van der Waals surface area contributed by atoms with E-state index in [1.165, 1.54) is 0 Å². The summed E-state index contributed by atoms with van der Waals surface area (Å²) in [6.45, 7) is 4.87. The largest absolute Gasteiger partial charge is 0.454 e. The maximum Gasteiger partial charge on any atom is 0.164 e. The molecule has 2 aromatic heterocycles. The molecule has 16 heavy (non-hydrogen) atoms. The summed E-state index contributed by atoms with van der Waals surface area (Å²) in [5.41, 5.74) is 1.08. The number of nitrogens with one attached hydrogen (secondary N) is 1. The van der Waals surface area contributed by atoms with Crippen LogP contribution in [0.5, 0.6) is 0 Å². The van der Waals surface area contributed by atoms with Gasteiger partial charge < -0.3 is 9.73 Å². The Bertz CT molecular complexity index is 466. The molecule has 0 spiro atoms. The van der Waals surface area contributed by atoms with E-state index in [9.17, 15) is 0 Å². The summed E-state index contributed by atoms with van der Waals surface area (Å²) < 4.78 is 6.41. The Kier molecular flexibility index (Phi) is 3.99. The normalized spacial score (nSPS) is 12.9. The number of hydrogen-bond acceptors (Lipinski definition) is 4. The lowest BCUT2D eigenvalue weighted by Gasteiger charge is -2.09. The topological polar surface area (TPSA) is 38.1 Å². The molecule has 0 aliphatic heterocycles. The van der Waals surface area contributed by atoms with E-state index >= 15 is 0 Å². The minimum absolute atomic E-state index is 0.265. The lowest BCUT2D eigenvalue weighted by molar-refractivity contribution is 0.444. The first-order valence-electron chi connectivity index (χ1n) is 5.05. The number of nitrogens with zero attached hydrogens (tertiary/aromatic N) is 1. The van der Waals surface area contributed by atoms with Crippen molar-refractivity contribution in [3.05, 3.63) is 37.7 Å². The summed E-state index contributed by atoms with van der Waals surface area (Å²) in [6, 6.07) is 4.23. The second-order valence-electron chi connectivity index (χ2n) is 3.64. The number of rotatable bonds is 4. The molecule has 3 nitrogen and oxygen atoms in total. The van der Waals surface area contributed by atoms with Crippen LogP contribution in [0.2, 0.25) is 0 Å². The van der Waals surface area contributed by atoms with Crippen LogP contribution >= 0.6 is 33.9 Å². The quantitative estimate of drug-likeness (QED) is 0.860. The molecule has 86 valence electrons. The predicted octanol–water partition coefficient (Wildman–Crippen LogP) is 3.50. The van der Waals surface area contributed by atoms with Crippen LogP contribution in [0.1, 0.15) is 29.4 Å². The average molecular weight is 348 g/mol. The second kappa shape index (κ2) is 5.29. The monoisotopic (exact) mass is 348 g/mol. The smallest absolute Gasteiger partial charge is 0.164 e. The zero-order valence-electron chi connectivity index (χ0n) is 9.16. The molecule has 2 heterocycles. The van der Waals surface area contributed by atoms with E-state index in [4.69, 9.17) is 4.42 Å². The Hall–Kier alpha value is -0.400. The molecule has 0 amide bonds. The summed E-state index contributed by atoms with van der Waals surface area (Å²) in [5.74, 6) is 0.963. The minimum Gasteiger partial charge on any atom is -0.454 e. The zero-order valence-corrected chi connectivity index (χ0v) is 12.1. The first-order valence-corrected chi connectivity index (χ1v) is 7.00. The first kappa shape index (κ1) is 12.1. The van der Waals surface area contributed by atoms with Gasteiger partial charge in [-0.15, -0.1) is 11.3 Å². The van der Waals surface area contributed by atoms with Crippen molar-refractivity contribution in [1.82, 2.24) is 10.3 Å². The molecule has 0 bridgehead atoms. The second-order valence-corrected chi connectivity index (χ2v) is 5.59. The Labute approximate surface area is 112 Å². The molecule has 2 rings (SSSR count). The molecular formula is C11H13IN2OS. The third-order valence-corrected chi connectivity index (χ3v) is 3.94. The summed E-state index contributed by atoms with van der Waals surface area (Å²) >= 11 is 3.86. The summed E-state index contributed by atoms with van der Waals surface area (Å²) in [7, 11) is 0. The maximum absolute atomic E-state index is 5.48. The van der Waals surface area contributed by atoms with Gasteiger partial charge in [-0.1, -0.05) is 0 Å². The fourth-order valence-electron chi connectivity index (χ4n) is 1.36. The van der Waals surface area contributed by atoms with Gasteiger partial charge in [-0.05, 0) is 48.6 Å². The lowest BCUT2D eigenvalue weighted by atomic mass is 10.3. The van der Waals surface area contributed by atoms with Crippen LogP contribution in [0.15, 0.2) is 21.9 Å². The van der Waals surface area contributed by atoms with Gasteiger partial charge >= 0.3 is 0 Å². The molecule has 1 atom stereocenters. The van der Waals surface area contributed by atoms with Crippen LogP contribution in [-0.4, -0.2) is 4.98 Å². The number of hydrogen-bond donors (Lipinski definition) is 1. The molecular weight excluding hydrogens is 335 g/mol. The van der Waals surface area contributed by atoms with Crippen LogP contribution in [0.25, 0.3) is 0 Å². The summed E-state index contributed by atoms with van der Waals surface area (Å²) in [5, 5.41) is 6.59. The van der Waals surface area contributed by atoms with Gasteiger partial charge in [-0.2, -0.15) is 0 Å². The Balaban J connectivity index is 1.91. The molecule has 0 saturated carbocycles. The third-order valence-electron chi connectivity index (χ3n) is 2.22. The van der Waals surface area contributed by atoms with Gasteiger partial charge in [0.1, 0.15) is 10.8 Å². The van der Waals surface area contributed by atoms with Crippen molar-refractivity contribution in [3.8, 4) is 0 Å². The Morgan fingerprint density at radius 2 is 2.38 bits per heavy atom. The van der Waals surface area contributed by atoms with E-state index in [0.29, 0.717) is 0 Å². The molecule has 1 N–H and O–H groups in total. The van der Waals surface area contributed by atoms with Gasteiger partial charge in [0.05, 0.1) is 12.6 Å². The zero-order chi connectivity index (χ0) is 11.5. The van der Waals surface area contributed by atoms with E-state index in [1.807, 2.05) is 19.1 Å². The average Bonchev–Trinajstić information content (AvgIpc) is 2.84. The van der Waals surface area contributed by atoms with Gasteiger partial charge in [-0.25, -0.2) is 4.98 Å². The molecule has 0 aliphatic rings. The van der Waals surface area contributed by atoms with Gasteiger partial charge in [0.25, 0.3) is 0 Å². The molecule has 0 radical (unpaired) electrons. The van der Waals surface area contributed by atoms with Crippen LogP contribution in [0.4, 0.5) is 0 Å². The maximum atomic E-state index is 5.48. The van der Waals surface area contributed by atoms with Gasteiger partial charge in [0, 0.05) is 11.1 Å². The SMILES string of the molecule is Cc1csc(C(C)NCc2ccc(I)o2)n1. The van der Waals surface area contributed by atoms with Crippen molar-refractivity contribution >= 4 is 33.9 Å². The fourth-order valence-corrected chi connectivity index (χ4v) is 2.65. The molecule has 0 fully saturated rings. The summed E-state index contributed by atoms with van der Waals surface area (Å²) in [6.07, 6.45) is 0. The highest BCUT2D eigenvalue weighted by Crippen LogP contribution is 2.18. The number of furan rings is 1. The molecule has 1 unspecified atom stereocenters. The van der Waals surface area contributed by atoms with Gasteiger partial charge in [-0.3, -0.25) is 0 Å². The van der Waals surface area contributed by atoms with E-state index in [1.54, 1.807) is 11.3 Å². The molecule has 5 heteroatoms. The third kappa shape index (κ3) is 3.05. The number of halogens is 1. The minimum atomic E-state index is 0.265. The van der Waals surface area contributed by atoms with E-state index in [0.717, 1.165) is 26.8 Å². The van der Waals surface area contributed by atoms with Crippen molar-refractivity contribution in [3.63, 3.8) is 0 Å².